The smallest absolute Gasteiger partial charge is 0.240 e. The highest BCUT2D eigenvalue weighted by Crippen LogP contribution is 2.08. The molecule has 0 unspecified atom stereocenters. The van der Waals surface area contributed by atoms with Gasteiger partial charge in [-0.05, 0) is 24.1 Å². The number of hydrogen-bond acceptors (Lipinski definition) is 2. The molecular weight excluding hydrogens is 256 g/mol. The number of benzene rings is 1. The predicted octanol–water partition coefficient (Wildman–Crippen LogP) is 2.70. The van der Waals surface area contributed by atoms with E-state index in [-0.39, 0.29) is 5.91 Å². The zero-order valence-corrected chi connectivity index (χ0v) is 10.1. The second-order valence-corrected chi connectivity index (χ2v) is 4.01. The first-order valence-corrected chi connectivity index (χ1v) is 5.59. The van der Waals surface area contributed by atoms with Crippen LogP contribution < -0.4 is 5.43 Å². The monoisotopic (exact) mass is 268 g/mol. The lowest BCUT2D eigenvalue weighted by molar-refractivity contribution is -0.121. The molecule has 3 nitrogen and oxygen atoms in total. The van der Waals surface area contributed by atoms with Crippen LogP contribution in [0.25, 0.3) is 0 Å². The summed E-state index contributed by atoms with van der Waals surface area (Å²) in [4.78, 5) is 11.1. The summed E-state index contributed by atoms with van der Waals surface area (Å²) < 4.78 is 1.02. The van der Waals surface area contributed by atoms with Crippen LogP contribution in [0.15, 0.2) is 33.8 Å². The summed E-state index contributed by atoms with van der Waals surface area (Å²) in [5.41, 5.74) is 3.42. The summed E-state index contributed by atoms with van der Waals surface area (Å²) in [6, 6.07) is 7.68. The van der Waals surface area contributed by atoms with Gasteiger partial charge in [-0.15, -0.1) is 0 Å². The van der Waals surface area contributed by atoms with Crippen molar-refractivity contribution in [3.63, 3.8) is 0 Å². The molecule has 0 fully saturated rings. The van der Waals surface area contributed by atoms with Crippen LogP contribution >= 0.6 is 15.9 Å². The standard InChI is InChI=1S/C11H13BrN2O/c1-2-3-11(15)14-13-8-9-4-6-10(12)7-5-9/h4-8H,2-3H2,1H3,(H,14,15). The summed E-state index contributed by atoms with van der Waals surface area (Å²) in [5, 5.41) is 3.85. The highest BCUT2D eigenvalue weighted by Gasteiger charge is 1.94. The van der Waals surface area contributed by atoms with Gasteiger partial charge < -0.3 is 0 Å². The third-order valence-electron chi connectivity index (χ3n) is 1.75. The first-order valence-electron chi connectivity index (χ1n) is 4.80. The Kier molecular flexibility index (Phi) is 5.04. The number of halogens is 1. The molecule has 80 valence electrons. The van der Waals surface area contributed by atoms with Crippen molar-refractivity contribution in [1.82, 2.24) is 5.43 Å². The molecule has 0 aliphatic heterocycles. The third kappa shape index (κ3) is 4.74. The van der Waals surface area contributed by atoms with Gasteiger partial charge in [0.1, 0.15) is 0 Å². The molecule has 0 atom stereocenters. The Bertz CT molecular complexity index is 346. The molecule has 1 aromatic rings. The first kappa shape index (κ1) is 11.9. The number of amides is 1. The van der Waals surface area contributed by atoms with E-state index in [0.717, 1.165) is 16.5 Å². The second-order valence-electron chi connectivity index (χ2n) is 3.09. The molecule has 0 heterocycles. The van der Waals surface area contributed by atoms with E-state index in [0.29, 0.717) is 6.42 Å². The van der Waals surface area contributed by atoms with Crippen LogP contribution in [-0.4, -0.2) is 12.1 Å². The minimum Gasteiger partial charge on any atom is -0.273 e. The number of hydrazone groups is 1. The van der Waals surface area contributed by atoms with Crippen LogP contribution in [0, 0.1) is 0 Å². The van der Waals surface area contributed by atoms with Gasteiger partial charge in [-0.2, -0.15) is 5.10 Å². The molecule has 0 saturated carbocycles. The van der Waals surface area contributed by atoms with Crippen molar-refractivity contribution in [2.75, 3.05) is 0 Å². The molecule has 1 N–H and O–H groups in total. The lowest BCUT2D eigenvalue weighted by atomic mass is 10.2. The van der Waals surface area contributed by atoms with Crippen molar-refractivity contribution in [3.8, 4) is 0 Å². The number of nitrogens with zero attached hydrogens (tertiary/aromatic N) is 1. The van der Waals surface area contributed by atoms with E-state index in [1.807, 2.05) is 31.2 Å². The fourth-order valence-electron chi connectivity index (χ4n) is 1.01. The molecule has 1 aromatic carbocycles. The molecule has 1 amide bonds. The van der Waals surface area contributed by atoms with E-state index >= 15 is 0 Å². The Morgan fingerprint density at radius 1 is 1.47 bits per heavy atom. The van der Waals surface area contributed by atoms with E-state index in [9.17, 15) is 4.79 Å². The van der Waals surface area contributed by atoms with Gasteiger partial charge in [0.05, 0.1) is 6.21 Å². The Balaban J connectivity index is 2.44. The van der Waals surface area contributed by atoms with Gasteiger partial charge in [-0.1, -0.05) is 35.0 Å². The van der Waals surface area contributed by atoms with Gasteiger partial charge in [-0.25, -0.2) is 5.43 Å². The molecule has 0 saturated heterocycles. The summed E-state index contributed by atoms with van der Waals surface area (Å²) in [7, 11) is 0. The van der Waals surface area contributed by atoms with Crippen molar-refractivity contribution in [2.45, 2.75) is 19.8 Å². The molecule has 0 spiro atoms. The molecule has 0 bridgehead atoms. The minimum atomic E-state index is -0.0501. The van der Waals surface area contributed by atoms with Crippen LogP contribution in [0.1, 0.15) is 25.3 Å². The van der Waals surface area contributed by atoms with E-state index in [1.54, 1.807) is 6.21 Å². The SMILES string of the molecule is CCCC(=O)NN=Cc1ccc(Br)cc1. The number of nitrogens with one attached hydrogen (secondary N) is 1. The number of carbonyl (C=O) groups excluding carboxylic acids is 1. The highest BCUT2D eigenvalue weighted by atomic mass is 79.9. The van der Waals surface area contributed by atoms with Gasteiger partial charge in [0.15, 0.2) is 0 Å². The van der Waals surface area contributed by atoms with Crippen LogP contribution in [0.3, 0.4) is 0 Å². The molecular formula is C11H13BrN2O. The molecule has 0 aromatic heterocycles. The van der Waals surface area contributed by atoms with Gasteiger partial charge in [-0.3, -0.25) is 4.79 Å². The van der Waals surface area contributed by atoms with Crippen molar-refractivity contribution in [1.29, 1.82) is 0 Å². The number of carbonyl (C=O) groups is 1. The van der Waals surface area contributed by atoms with Gasteiger partial charge >= 0.3 is 0 Å². The van der Waals surface area contributed by atoms with Crippen LogP contribution in [-0.2, 0) is 4.79 Å². The third-order valence-corrected chi connectivity index (χ3v) is 2.28. The van der Waals surface area contributed by atoms with Gasteiger partial charge in [0.2, 0.25) is 5.91 Å². The van der Waals surface area contributed by atoms with Crippen molar-refractivity contribution in [3.05, 3.63) is 34.3 Å². The summed E-state index contributed by atoms with van der Waals surface area (Å²) in [6.07, 6.45) is 2.97. The Hall–Kier alpha value is -1.16. The molecule has 15 heavy (non-hydrogen) atoms. The molecule has 0 aliphatic rings. The van der Waals surface area contributed by atoms with E-state index < -0.39 is 0 Å². The fraction of sp³-hybridized carbons (Fsp3) is 0.273. The molecule has 0 radical (unpaired) electrons. The van der Waals surface area contributed by atoms with Gasteiger partial charge in [0, 0.05) is 10.9 Å². The Morgan fingerprint density at radius 2 is 2.13 bits per heavy atom. The first-order chi connectivity index (χ1) is 7.22. The normalized spacial score (nSPS) is 10.5. The van der Waals surface area contributed by atoms with E-state index in [4.69, 9.17) is 0 Å². The van der Waals surface area contributed by atoms with Crippen molar-refractivity contribution >= 4 is 28.1 Å². The largest absolute Gasteiger partial charge is 0.273 e. The van der Waals surface area contributed by atoms with Crippen LogP contribution in [0.5, 0.6) is 0 Å². The van der Waals surface area contributed by atoms with Crippen LogP contribution in [0.2, 0.25) is 0 Å². The summed E-state index contributed by atoms with van der Waals surface area (Å²) >= 11 is 3.34. The zero-order valence-electron chi connectivity index (χ0n) is 8.53. The predicted molar refractivity (Wildman–Crippen MR) is 64.8 cm³/mol. The zero-order chi connectivity index (χ0) is 11.1. The summed E-state index contributed by atoms with van der Waals surface area (Å²) in [6.45, 7) is 1.96. The average Bonchev–Trinajstić information content (AvgIpc) is 2.21. The van der Waals surface area contributed by atoms with E-state index in [2.05, 4.69) is 26.5 Å². The second kappa shape index (κ2) is 6.35. The van der Waals surface area contributed by atoms with Crippen molar-refractivity contribution in [2.24, 2.45) is 5.10 Å². The quantitative estimate of drug-likeness (QED) is 0.662. The lowest BCUT2D eigenvalue weighted by Gasteiger charge is -1.96. The fourth-order valence-corrected chi connectivity index (χ4v) is 1.27. The van der Waals surface area contributed by atoms with Gasteiger partial charge in [0.25, 0.3) is 0 Å². The Morgan fingerprint density at radius 3 is 2.73 bits per heavy atom. The molecule has 4 heteroatoms. The molecule has 0 aliphatic carbocycles. The maximum absolute atomic E-state index is 11.1. The topological polar surface area (TPSA) is 41.5 Å². The maximum Gasteiger partial charge on any atom is 0.240 e. The van der Waals surface area contributed by atoms with Crippen molar-refractivity contribution < 1.29 is 4.79 Å². The lowest BCUT2D eigenvalue weighted by Crippen LogP contribution is -2.16. The maximum atomic E-state index is 11.1. The highest BCUT2D eigenvalue weighted by molar-refractivity contribution is 9.10. The number of rotatable bonds is 4. The minimum absolute atomic E-state index is 0.0501. The number of hydrogen-bond donors (Lipinski definition) is 1. The summed E-state index contributed by atoms with van der Waals surface area (Å²) in [5.74, 6) is -0.0501. The van der Waals surface area contributed by atoms with E-state index in [1.165, 1.54) is 0 Å². The average molecular weight is 269 g/mol. The van der Waals surface area contributed by atoms with Crippen LogP contribution in [0.4, 0.5) is 0 Å². The Labute approximate surface area is 97.7 Å². The molecule has 1 rings (SSSR count).